The van der Waals surface area contributed by atoms with E-state index >= 15 is 0 Å². The Morgan fingerprint density at radius 1 is 1.08 bits per heavy atom. The van der Waals surface area contributed by atoms with Crippen LogP contribution in [0, 0.1) is 0 Å². The van der Waals surface area contributed by atoms with E-state index < -0.39 is 30.5 Å². The van der Waals surface area contributed by atoms with Gasteiger partial charge in [-0.2, -0.15) is 23.1 Å². The fraction of sp³-hybridized carbons (Fsp3) is 0.455. The van der Waals surface area contributed by atoms with Gasteiger partial charge >= 0.3 is 30.5 Å². The Kier molecular flexibility index (Phi) is 8.65. The van der Waals surface area contributed by atoms with Crippen molar-refractivity contribution < 1.29 is 50.1 Å². The van der Waals surface area contributed by atoms with E-state index in [1.165, 1.54) is 42.3 Å². The number of aromatic nitrogens is 2. The van der Waals surface area contributed by atoms with Gasteiger partial charge in [-0.15, -0.1) is 13.2 Å². The summed E-state index contributed by atoms with van der Waals surface area (Å²) in [6.07, 6.45) is -8.42. The van der Waals surface area contributed by atoms with E-state index in [9.17, 15) is 35.9 Å². The maximum atomic E-state index is 12.5. The molecule has 0 saturated carbocycles. The van der Waals surface area contributed by atoms with Crippen LogP contribution in [0.1, 0.15) is 24.8 Å². The fourth-order valence-electron chi connectivity index (χ4n) is 3.60. The van der Waals surface area contributed by atoms with Crippen molar-refractivity contribution in [3.05, 3.63) is 35.9 Å². The molecule has 15 heteroatoms. The molecule has 1 atom stereocenters. The number of carbonyl (C=O) groups excluding carboxylic acids is 2. The van der Waals surface area contributed by atoms with E-state index in [-0.39, 0.29) is 36.4 Å². The SMILES string of the molecule is COc1nc(NCCc2ccc(OC(F)(F)F)cc2)cc(N2CCCCC2C(=O)OC(=O)C(F)(F)F)n1. The van der Waals surface area contributed by atoms with Crippen LogP contribution in [0.5, 0.6) is 11.8 Å². The molecule has 1 unspecified atom stereocenters. The Balaban J connectivity index is 1.69. The summed E-state index contributed by atoms with van der Waals surface area (Å²) in [6, 6.07) is 5.52. The van der Waals surface area contributed by atoms with Crippen molar-refractivity contribution in [2.45, 2.75) is 44.3 Å². The number of carbonyl (C=O) groups is 2. The van der Waals surface area contributed by atoms with Crippen LogP contribution in [0.3, 0.4) is 0 Å². The average molecular weight is 536 g/mol. The zero-order chi connectivity index (χ0) is 27.2. The number of nitrogens with zero attached hydrogens (tertiary/aromatic N) is 3. The van der Waals surface area contributed by atoms with Crippen LogP contribution >= 0.6 is 0 Å². The lowest BCUT2D eigenvalue weighted by molar-refractivity contribution is -0.274. The first-order valence-corrected chi connectivity index (χ1v) is 11.0. The van der Waals surface area contributed by atoms with Crippen molar-refractivity contribution in [3.63, 3.8) is 0 Å². The third kappa shape index (κ3) is 8.11. The van der Waals surface area contributed by atoms with Gasteiger partial charge in [0.1, 0.15) is 23.4 Å². The quantitative estimate of drug-likeness (QED) is 0.304. The topological polar surface area (TPSA) is 103 Å². The van der Waals surface area contributed by atoms with Crippen LogP contribution < -0.4 is 19.7 Å². The highest BCUT2D eigenvalue weighted by molar-refractivity contribution is 5.92. The molecule has 0 aliphatic carbocycles. The number of piperidine rings is 1. The molecule has 0 bridgehead atoms. The number of benzene rings is 1. The Labute approximate surface area is 206 Å². The standard InChI is InChI=1S/C22H22F6N4O5/c1-35-20-30-16(29-10-9-13-5-7-14(8-6-13)37-22(26,27)28)12-17(31-20)32-11-3-2-4-15(32)18(33)36-19(34)21(23,24)25/h5-8,12,15H,2-4,9-11H2,1H3,(H,29,30,31). The van der Waals surface area contributed by atoms with Crippen molar-refractivity contribution in [1.82, 2.24) is 9.97 Å². The van der Waals surface area contributed by atoms with Gasteiger partial charge in [-0.1, -0.05) is 12.1 Å². The second-order valence-corrected chi connectivity index (χ2v) is 7.88. The highest BCUT2D eigenvalue weighted by atomic mass is 19.4. The van der Waals surface area contributed by atoms with Gasteiger partial charge in [-0.05, 0) is 43.4 Å². The lowest BCUT2D eigenvalue weighted by Gasteiger charge is -2.34. The Hall–Kier alpha value is -3.78. The highest BCUT2D eigenvalue weighted by Gasteiger charge is 2.44. The van der Waals surface area contributed by atoms with Crippen molar-refractivity contribution in [1.29, 1.82) is 0 Å². The molecule has 0 spiro atoms. The maximum Gasteiger partial charge on any atom is 0.573 e. The Morgan fingerprint density at radius 2 is 1.78 bits per heavy atom. The Morgan fingerprint density at radius 3 is 2.41 bits per heavy atom. The second-order valence-electron chi connectivity index (χ2n) is 7.88. The van der Waals surface area contributed by atoms with E-state index in [4.69, 9.17) is 4.74 Å². The van der Waals surface area contributed by atoms with Crippen molar-refractivity contribution in [2.75, 3.05) is 30.4 Å². The predicted molar refractivity (Wildman–Crippen MR) is 116 cm³/mol. The minimum absolute atomic E-state index is 0.0855. The smallest absolute Gasteiger partial charge is 0.467 e. The molecule has 2 heterocycles. The van der Waals surface area contributed by atoms with Crippen molar-refractivity contribution in [3.8, 4) is 11.8 Å². The van der Waals surface area contributed by atoms with E-state index in [0.29, 0.717) is 31.4 Å². The number of hydrogen-bond donors (Lipinski definition) is 1. The van der Waals surface area contributed by atoms with Gasteiger partial charge in [0.05, 0.1) is 7.11 Å². The van der Waals surface area contributed by atoms with Crippen LogP contribution in [0.25, 0.3) is 0 Å². The molecule has 3 rings (SSSR count). The first-order valence-electron chi connectivity index (χ1n) is 11.0. The maximum absolute atomic E-state index is 12.5. The molecular weight excluding hydrogens is 514 g/mol. The van der Waals surface area contributed by atoms with E-state index in [1.54, 1.807) is 0 Å². The number of rotatable bonds is 8. The molecule has 0 amide bonds. The number of hydrogen-bond acceptors (Lipinski definition) is 9. The highest BCUT2D eigenvalue weighted by Crippen LogP contribution is 2.28. The van der Waals surface area contributed by atoms with Crippen LogP contribution in [-0.4, -0.2) is 60.7 Å². The second kappa shape index (κ2) is 11.5. The van der Waals surface area contributed by atoms with Crippen LogP contribution in [0.4, 0.5) is 38.0 Å². The number of anilines is 2. The molecule has 1 aliphatic heterocycles. The first kappa shape index (κ1) is 27.8. The molecule has 1 aliphatic rings. The lowest BCUT2D eigenvalue weighted by atomic mass is 10.0. The van der Waals surface area contributed by atoms with Gasteiger partial charge in [-0.3, -0.25) is 0 Å². The molecule has 1 aromatic heterocycles. The summed E-state index contributed by atoms with van der Waals surface area (Å²) in [5.74, 6) is -3.84. The number of nitrogens with one attached hydrogen (secondary N) is 1. The number of alkyl halides is 6. The monoisotopic (exact) mass is 536 g/mol. The zero-order valence-corrected chi connectivity index (χ0v) is 19.4. The molecule has 1 saturated heterocycles. The summed E-state index contributed by atoms with van der Waals surface area (Å²) in [5, 5.41) is 3.01. The zero-order valence-electron chi connectivity index (χ0n) is 19.4. The van der Waals surface area contributed by atoms with Crippen LogP contribution in [0.15, 0.2) is 30.3 Å². The van der Waals surface area contributed by atoms with Gasteiger partial charge in [-0.25, -0.2) is 9.59 Å². The molecule has 0 radical (unpaired) electrons. The molecule has 2 aromatic rings. The molecular formula is C22H22F6N4O5. The number of esters is 2. The third-order valence-corrected chi connectivity index (χ3v) is 5.25. The van der Waals surface area contributed by atoms with E-state index in [0.717, 1.165) is 0 Å². The van der Waals surface area contributed by atoms with Crippen LogP contribution in [0.2, 0.25) is 0 Å². The third-order valence-electron chi connectivity index (χ3n) is 5.25. The fourth-order valence-corrected chi connectivity index (χ4v) is 3.60. The number of ether oxygens (including phenoxy) is 3. The normalized spacial score (nSPS) is 16.2. The molecule has 202 valence electrons. The van der Waals surface area contributed by atoms with Gasteiger partial charge in [0.15, 0.2) is 0 Å². The summed E-state index contributed by atoms with van der Waals surface area (Å²) in [5.41, 5.74) is 0.705. The summed E-state index contributed by atoms with van der Waals surface area (Å²) in [4.78, 5) is 33.2. The molecule has 1 fully saturated rings. The van der Waals surface area contributed by atoms with E-state index in [2.05, 4.69) is 24.8 Å². The van der Waals surface area contributed by atoms with Gasteiger partial charge < -0.3 is 24.4 Å². The Bertz CT molecular complexity index is 1090. The average Bonchev–Trinajstić information content (AvgIpc) is 2.83. The van der Waals surface area contributed by atoms with Crippen molar-refractivity contribution >= 4 is 23.6 Å². The largest absolute Gasteiger partial charge is 0.573 e. The molecule has 1 aromatic carbocycles. The summed E-state index contributed by atoms with van der Waals surface area (Å²) < 4.78 is 87.4. The number of halogens is 6. The van der Waals surface area contributed by atoms with Crippen LogP contribution in [-0.2, 0) is 20.7 Å². The molecule has 1 N–H and O–H groups in total. The minimum Gasteiger partial charge on any atom is -0.467 e. The molecule has 37 heavy (non-hydrogen) atoms. The number of methoxy groups -OCH3 is 1. The molecule has 9 nitrogen and oxygen atoms in total. The van der Waals surface area contributed by atoms with Gasteiger partial charge in [0.25, 0.3) is 0 Å². The van der Waals surface area contributed by atoms with Gasteiger partial charge in [0.2, 0.25) is 0 Å². The lowest BCUT2D eigenvalue weighted by Crippen LogP contribution is -2.47. The first-order chi connectivity index (χ1) is 17.4. The van der Waals surface area contributed by atoms with Gasteiger partial charge in [0, 0.05) is 19.2 Å². The van der Waals surface area contributed by atoms with Crippen molar-refractivity contribution in [2.24, 2.45) is 0 Å². The summed E-state index contributed by atoms with van der Waals surface area (Å²) >= 11 is 0. The predicted octanol–water partition coefficient (Wildman–Crippen LogP) is 4.03. The van der Waals surface area contributed by atoms with E-state index in [1.807, 2.05) is 0 Å². The summed E-state index contributed by atoms with van der Waals surface area (Å²) in [7, 11) is 1.30. The summed E-state index contributed by atoms with van der Waals surface area (Å²) in [6.45, 7) is 0.552. The minimum atomic E-state index is -5.31.